The number of carbonyl (C=O) groups excluding carboxylic acids is 1. The molecule has 128 valence electrons. The van der Waals surface area contributed by atoms with E-state index in [2.05, 4.69) is 20.6 Å². The minimum absolute atomic E-state index is 0.0226. The van der Waals surface area contributed by atoms with E-state index in [0.717, 1.165) is 0 Å². The maximum Gasteiger partial charge on any atom is 0.258 e. The summed E-state index contributed by atoms with van der Waals surface area (Å²) in [5, 5.41) is 14.4. The van der Waals surface area contributed by atoms with Crippen LogP contribution in [0.1, 0.15) is 15.9 Å². The molecule has 3 rings (SSSR count). The van der Waals surface area contributed by atoms with Gasteiger partial charge in [0.25, 0.3) is 5.91 Å². The fourth-order valence-electron chi connectivity index (χ4n) is 2.08. The smallest absolute Gasteiger partial charge is 0.258 e. The fourth-order valence-corrected chi connectivity index (χ4v) is 2.26. The molecule has 1 aromatic heterocycles. The summed E-state index contributed by atoms with van der Waals surface area (Å²) >= 11 is 5.72. The predicted octanol–water partition coefficient (Wildman–Crippen LogP) is 4.14. The molecule has 1 heterocycles. The van der Waals surface area contributed by atoms with E-state index < -0.39 is 11.7 Å². The Labute approximate surface area is 153 Å². The van der Waals surface area contributed by atoms with Crippen molar-refractivity contribution in [2.45, 2.75) is 0 Å². The van der Waals surface area contributed by atoms with Crippen molar-refractivity contribution < 1.29 is 9.18 Å². The zero-order valence-electron chi connectivity index (χ0n) is 13.2. The molecular formula is C18H11ClFN5O. The lowest BCUT2D eigenvalue weighted by molar-refractivity contribution is 0.102. The second-order valence-corrected chi connectivity index (χ2v) is 5.60. The lowest BCUT2D eigenvalue weighted by Crippen LogP contribution is -2.13. The van der Waals surface area contributed by atoms with Gasteiger partial charge in [-0.15, -0.1) is 0 Å². The minimum atomic E-state index is -0.523. The predicted molar refractivity (Wildman–Crippen MR) is 95.8 cm³/mol. The topological polar surface area (TPSA) is 90.7 Å². The quantitative estimate of drug-likeness (QED) is 0.723. The molecule has 1 amide bonds. The Morgan fingerprint density at radius 2 is 1.88 bits per heavy atom. The molecule has 6 nitrogen and oxygen atoms in total. The van der Waals surface area contributed by atoms with Gasteiger partial charge >= 0.3 is 0 Å². The number of aromatic nitrogens is 2. The van der Waals surface area contributed by atoms with Crippen molar-refractivity contribution in [2.24, 2.45) is 0 Å². The highest BCUT2D eigenvalue weighted by atomic mass is 35.5. The van der Waals surface area contributed by atoms with Crippen LogP contribution in [0.5, 0.6) is 0 Å². The lowest BCUT2D eigenvalue weighted by Gasteiger charge is -2.07. The maximum absolute atomic E-state index is 13.2. The highest BCUT2D eigenvalue weighted by Crippen LogP contribution is 2.21. The first-order chi connectivity index (χ1) is 12.5. The molecule has 0 aliphatic heterocycles. The van der Waals surface area contributed by atoms with Crippen LogP contribution < -0.4 is 10.6 Å². The number of carbonyl (C=O) groups is 1. The summed E-state index contributed by atoms with van der Waals surface area (Å²) in [6, 6.07) is 12.7. The first-order valence-electron chi connectivity index (χ1n) is 7.41. The van der Waals surface area contributed by atoms with Gasteiger partial charge < -0.3 is 10.6 Å². The Morgan fingerprint density at radius 1 is 1.12 bits per heavy atom. The molecule has 26 heavy (non-hydrogen) atoms. The van der Waals surface area contributed by atoms with Gasteiger partial charge in [0.1, 0.15) is 5.82 Å². The maximum atomic E-state index is 13.2. The van der Waals surface area contributed by atoms with E-state index in [0.29, 0.717) is 16.9 Å². The van der Waals surface area contributed by atoms with Crippen LogP contribution in [0.2, 0.25) is 5.02 Å². The van der Waals surface area contributed by atoms with Gasteiger partial charge in [-0.1, -0.05) is 17.7 Å². The molecule has 8 heteroatoms. The Kier molecular flexibility index (Phi) is 5.06. The molecule has 2 aromatic carbocycles. The summed E-state index contributed by atoms with van der Waals surface area (Å²) in [5.41, 5.74) is 1.70. The number of rotatable bonds is 4. The summed E-state index contributed by atoms with van der Waals surface area (Å²) < 4.78 is 13.2. The summed E-state index contributed by atoms with van der Waals surface area (Å²) in [4.78, 5) is 20.3. The van der Waals surface area contributed by atoms with Gasteiger partial charge in [0.15, 0.2) is 0 Å². The van der Waals surface area contributed by atoms with E-state index in [1.165, 1.54) is 30.6 Å². The second kappa shape index (κ2) is 7.59. The van der Waals surface area contributed by atoms with Gasteiger partial charge in [-0.25, -0.2) is 14.4 Å². The molecular weight excluding hydrogens is 357 g/mol. The largest absolute Gasteiger partial charge is 0.324 e. The van der Waals surface area contributed by atoms with Crippen LogP contribution in [0.4, 0.5) is 21.7 Å². The number of hydrogen-bond donors (Lipinski definition) is 2. The average molecular weight is 368 g/mol. The number of nitrogens with zero attached hydrogens (tertiary/aromatic N) is 3. The SMILES string of the molecule is N#Cc1cccc(NC(=O)c2cnc(Nc3ccc(F)c(Cl)c3)nc2)c1. The van der Waals surface area contributed by atoms with Crippen molar-refractivity contribution in [3.63, 3.8) is 0 Å². The fraction of sp³-hybridized carbons (Fsp3) is 0. The van der Waals surface area contributed by atoms with Crippen LogP contribution in [0.15, 0.2) is 54.9 Å². The molecule has 0 spiro atoms. The van der Waals surface area contributed by atoms with Gasteiger partial charge in [-0.05, 0) is 36.4 Å². The zero-order valence-corrected chi connectivity index (χ0v) is 14.0. The third-order valence-electron chi connectivity index (χ3n) is 3.34. The molecule has 0 saturated heterocycles. The van der Waals surface area contributed by atoms with Crippen molar-refractivity contribution in [3.8, 4) is 6.07 Å². The monoisotopic (exact) mass is 367 g/mol. The van der Waals surface area contributed by atoms with Crippen molar-refractivity contribution in [1.29, 1.82) is 5.26 Å². The average Bonchev–Trinajstić information content (AvgIpc) is 2.65. The highest BCUT2D eigenvalue weighted by Gasteiger charge is 2.09. The number of nitrogens with one attached hydrogen (secondary N) is 2. The summed E-state index contributed by atoms with van der Waals surface area (Å²) in [5.74, 6) is -0.696. The van der Waals surface area contributed by atoms with E-state index in [1.807, 2.05) is 6.07 Å². The number of amides is 1. The van der Waals surface area contributed by atoms with Crippen LogP contribution in [0.3, 0.4) is 0 Å². The van der Waals surface area contributed by atoms with Crippen molar-refractivity contribution in [2.75, 3.05) is 10.6 Å². The molecule has 0 radical (unpaired) electrons. The second-order valence-electron chi connectivity index (χ2n) is 5.20. The van der Waals surface area contributed by atoms with Crippen LogP contribution in [0.25, 0.3) is 0 Å². The third kappa shape index (κ3) is 4.12. The highest BCUT2D eigenvalue weighted by molar-refractivity contribution is 6.31. The summed E-state index contributed by atoms with van der Waals surface area (Å²) in [6.45, 7) is 0. The first-order valence-corrected chi connectivity index (χ1v) is 7.78. The van der Waals surface area contributed by atoms with Crippen molar-refractivity contribution >= 4 is 34.8 Å². The standard InChI is InChI=1S/C18H11ClFN5O/c19-15-7-14(4-5-16(15)20)25-18-22-9-12(10-23-18)17(26)24-13-3-1-2-11(6-13)8-21/h1-7,9-10H,(H,24,26)(H,22,23,25). The molecule has 0 aliphatic carbocycles. The molecule has 0 bridgehead atoms. The molecule has 0 saturated carbocycles. The normalized spacial score (nSPS) is 10.0. The third-order valence-corrected chi connectivity index (χ3v) is 3.63. The van der Waals surface area contributed by atoms with E-state index in [4.69, 9.17) is 16.9 Å². The van der Waals surface area contributed by atoms with Crippen LogP contribution in [0, 0.1) is 17.1 Å². The van der Waals surface area contributed by atoms with E-state index in [1.54, 1.807) is 24.3 Å². The number of hydrogen-bond acceptors (Lipinski definition) is 5. The van der Waals surface area contributed by atoms with E-state index >= 15 is 0 Å². The van der Waals surface area contributed by atoms with Gasteiger partial charge in [0.05, 0.1) is 22.2 Å². The minimum Gasteiger partial charge on any atom is -0.324 e. The van der Waals surface area contributed by atoms with E-state index in [9.17, 15) is 9.18 Å². The Bertz CT molecular complexity index is 1000. The summed E-state index contributed by atoms with van der Waals surface area (Å²) in [7, 11) is 0. The molecule has 0 atom stereocenters. The van der Waals surface area contributed by atoms with Gasteiger partial charge in [0, 0.05) is 23.8 Å². The molecule has 0 fully saturated rings. The summed E-state index contributed by atoms with van der Waals surface area (Å²) in [6.07, 6.45) is 2.70. The first kappa shape index (κ1) is 17.3. The van der Waals surface area contributed by atoms with E-state index in [-0.39, 0.29) is 16.5 Å². The molecule has 2 N–H and O–H groups in total. The lowest BCUT2D eigenvalue weighted by atomic mass is 10.2. The number of halogens is 2. The molecule has 0 aliphatic rings. The molecule has 3 aromatic rings. The van der Waals surface area contributed by atoms with Gasteiger partial charge in [-0.3, -0.25) is 4.79 Å². The Hall–Kier alpha value is -3.50. The van der Waals surface area contributed by atoms with Crippen LogP contribution in [-0.2, 0) is 0 Å². The number of nitriles is 1. The Balaban J connectivity index is 1.69. The van der Waals surface area contributed by atoms with Crippen LogP contribution >= 0.6 is 11.6 Å². The Morgan fingerprint density at radius 3 is 2.58 bits per heavy atom. The van der Waals surface area contributed by atoms with Crippen LogP contribution in [-0.4, -0.2) is 15.9 Å². The van der Waals surface area contributed by atoms with Gasteiger partial charge in [-0.2, -0.15) is 5.26 Å². The van der Waals surface area contributed by atoms with Crippen molar-refractivity contribution in [3.05, 3.63) is 76.8 Å². The number of benzene rings is 2. The van der Waals surface area contributed by atoms with Crippen molar-refractivity contribution in [1.82, 2.24) is 9.97 Å². The zero-order chi connectivity index (χ0) is 18.5. The number of anilines is 3. The van der Waals surface area contributed by atoms with Gasteiger partial charge in [0.2, 0.25) is 5.95 Å². The molecule has 0 unspecified atom stereocenters.